The van der Waals surface area contributed by atoms with Crippen LogP contribution >= 0.6 is 0 Å². The van der Waals surface area contributed by atoms with Gasteiger partial charge in [-0.05, 0) is 59.9 Å². The minimum atomic E-state index is 0.0803. The Labute approximate surface area is 206 Å². The first-order chi connectivity index (χ1) is 17.0. The van der Waals surface area contributed by atoms with Gasteiger partial charge in [-0.15, -0.1) is 0 Å². The fourth-order valence-corrected chi connectivity index (χ4v) is 5.19. The van der Waals surface area contributed by atoms with Gasteiger partial charge in [0.2, 0.25) is 0 Å². The van der Waals surface area contributed by atoms with E-state index in [1.807, 2.05) is 71.4 Å². The molecule has 6 nitrogen and oxygen atoms in total. The average Bonchev–Trinajstić information content (AvgIpc) is 2.89. The molecular formula is C29H32N4O2. The van der Waals surface area contributed by atoms with E-state index >= 15 is 0 Å². The van der Waals surface area contributed by atoms with E-state index in [9.17, 15) is 9.90 Å². The lowest BCUT2D eigenvalue weighted by Gasteiger charge is -2.31. The van der Waals surface area contributed by atoms with E-state index in [-0.39, 0.29) is 11.7 Å². The van der Waals surface area contributed by atoms with Crippen LogP contribution in [0.15, 0.2) is 71.7 Å². The molecular weight excluding hydrogens is 436 g/mol. The lowest BCUT2D eigenvalue weighted by molar-refractivity contribution is 0.0696. The molecule has 0 unspecified atom stereocenters. The first-order valence-corrected chi connectivity index (χ1v) is 12.4. The molecule has 1 amide bonds. The van der Waals surface area contributed by atoms with Crippen molar-refractivity contribution in [2.45, 2.75) is 51.2 Å². The maximum absolute atomic E-state index is 13.2. The molecule has 3 aromatic carbocycles. The van der Waals surface area contributed by atoms with Crippen LogP contribution in [0, 0.1) is 0 Å². The van der Waals surface area contributed by atoms with Gasteiger partial charge >= 0.3 is 0 Å². The number of fused-ring (bicyclic) bond motifs is 1. The summed E-state index contributed by atoms with van der Waals surface area (Å²) in [4.78, 5) is 21.7. The van der Waals surface area contributed by atoms with Crippen LogP contribution in [0.5, 0.6) is 5.75 Å². The first-order valence-electron chi connectivity index (χ1n) is 12.4. The predicted octanol–water partition coefficient (Wildman–Crippen LogP) is 5.43. The molecule has 0 radical (unpaired) electrons. The second-order valence-electron chi connectivity index (χ2n) is 9.59. The second kappa shape index (κ2) is 9.82. The van der Waals surface area contributed by atoms with Crippen molar-refractivity contribution < 1.29 is 9.90 Å². The zero-order valence-electron chi connectivity index (χ0n) is 20.2. The minimum Gasteiger partial charge on any atom is -0.507 e. The summed E-state index contributed by atoms with van der Waals surface area (Å²) in [5, 5.41) is 10.3. The summed E-state index contributed by atoms with van der Waals surface area (Å²) in [6.07, 6.45) is 5.84. The Morgan fingerprint density at radius 2 is 1.86 bits per heavy atom. The number of carbonyl (C=O) groups excluding carboxylic acids is 1. The summed E-state index contributed by atoms with van der Waals surface area (Å²) in [5.41, 5.74) is 11.7. The van der Waals surface area contributed by atoms with Crippen molar-refractivity contribution in [3.8, 4) is 16.9 Å². The largest absolute Gasteiger partial charge is 0.507 e. The number of amides is 1. The molecule has 1 saturated carbocycles. The highest BCUT2D eigenvalue weighted by atomic mass is 16.3. The molecule has 3 N–H and O–H groups in total. The third kappa shape index (κ3) is 4.87. The maximum Gasteiger partial charge on any atom is 0.253 e. The van der Waals surface area contributed by atoms with E-state index in [0.29, 0.717) is 30.7 Å². The van der Waals surface area contributed by atoms with Crippen LogP contribution in [0.25, 0.3) is 11.1 Å². The number of nitrogens with two attached hydrogens (primary N) is 1. The van der Waals surface area contributed by atoms with Crippen molar-refractivity contribution in [3.63, 3.8) is 0 Å². The van der Waals surface area contributed by atoms with Crippen molar-refractivity contribution in [1.82, 2.24) is 9.80 Å². The van der Waals surface area contributed by atoms with Crippen LogP contribution in [-0.4, -0.2) is 39.9 Å². The normalized spacial score (nSPS) is 15.9. The Hall–Kier alpha value is -3.80. The van der Waals surface area contributed by atoms with Gasteiger partial charge < -0.3 is 20.6 Å². The smallest absolute Gasteiger partial charge is 0.253 e. The highest BCUT2D eigenvalue weighted by Gasteiger charge is 2.24. The Bertz CT molecular complexity index is 1260. The van der Waals surface area contributed by atoms with Crippen LogP contribution in [0.4, 0.5) is 5.69 Å². The van der Waals surface area contributed by atoms with Crippen LogP contribution in [0.3, 0.4) is 0 Å². The molecule has 0 spiro atoms. The van der Waals surface area contributed by atoms with Crippen LogP contribution < -0.4 is 5.73 Å². The molecule has 3 aromatic rings. The summed E-state index contributed by atoms with van der Waals surface area (Å²) in [6.45, 7) is 1.16. The van der Waals surface area contributed by atoms with E-state index in [1.165, 1.54) is 19.3 Å². The van der Waals surface area contributed by atoms with Crippen molar-refractivity contribution in [3.05, 3.63) is 83.4 Å². The summed E-state index contributed by atoms with van der Waals surface area (Å²) in [6, 6.07) is 21.5. The molecule has 0 aromatic heterocycles. The number of phenols is 1. The van der Waals surface area contributed by atoms with Gasteiger partial charge in [-0.3, -0.25) is 4.79 Å². The van der Waals surface area contributed by atoms with Gasteiger partial charge in [0.25, 0.3) is 5.91 Å². The van der Waals surface area contributed by atoms with Gasteiger partial charge in [0.15, 0.2) is 5.96 Å². The van der Waals surface area contributed by atoms with Gasteiger partial charge in [-0.2, -0.15) is 0 Å². The molecule has 2 aliphatic rings. The minimum absolute atomic E-state index is 0.0803. The number of guanidine groups is 1. The quantitative estimate of drug-likeness (QED) is 0.523. The van der Waals surface area contributed by atoms with Gasteiger partial charge in [0, 0.05) is 37.3 Å². The Balaban J connectivity index is 1.33. The Morgan fingerprint density at radius 3 is 2.66 bits per heavy atom. The van der Waals surface area contributed by atoms with Crippen LogP contribution in [0.2, 0.25) is 0 Å². The summed E-state index contributed by atoms with van der Waals surface area (Å²) in [7, 11) is 1.93. The molecule has 0 atom stereocenters. The summed E-state index contributed by atoms with van der Waals surface area (Å²) < 4.78 is 0. The number of para-hydroxylation sites is 1. The van der Waals surface area contributed by atoms with Crippen LogP contribution in [-0.2, 0) is 13.1 Å². The molecule has 5 rings (SSSR count). The van der Waals surface area contributed by atoms with E-state index in [2.05, 4.69) is 11.1 Å². The number of hydrogen-bond acceptors (Lipinski definition) is 5. The molecule has 0 saturated heterocycles. The van der Waals surface area contributed by atoms with Crippen molar-refractivity contribution in [2.24, 2.45) is 10.7 Å². The van der Waals surface area contributed by atoms with Gasteiger partial charge in [0.05, 0.1) is 5.69 Å². The number of rotatable bonds is 5. The highest BCUT2D eigenvalue weighted by Crippen LogP contribution is 2.34. The number of aliphatic imine (C=N–C) groups is 1. The number of benzene rings is 3. The fraction of sp³-hybridized carbons (Fsp3) is 0.310. The number of nitrogens with zero attached hydrogens (tertiary/aromatic N) is 3. The fourth-order valence-electron chi connectivity index (χ4n) is 5.19. The number of phenolic OH excluding ortho intramolecular Hbond substituents is 1. The first kappa shape index (κ1) is 23.0. The van der Waals surface area contributed by atoms with Gasteiger partial charge in [-0.1, -0.05) is 55.7 Å². The molecule has 0 bridgehead atoms. The standard InChI is InChI=1S/C29H32N4O2/c1-32(24-10-3-2-4-11-24)28(35)22-9-7-8-20(16-22)18-33-19-23-17-21(14-15-26(23)31-29(33)30)25-12-5-6-13-27(25)34/h5-9,12-17,24,34H,2-4,10-11,18-19H2,1H3,(H2,30,31). The topological polar surface area (TPSA) is 82.2 Å². The molecule has 1 aliphatic carbocycles. The van der Waals surface area contributed by atoms with E-state index in [4.69, 9.17) is 5.73 Å². The maximum atomic E-state index is 13.2. The van der Waals surface area contributed by atoms with Crippen LogP contribution in [0.1, 0.15) is 53.6 Å². The van der Waals surface area contributed by atoms with E-state index in [0.717, 1.165) is 40.8 Å². The van der Waals surface area contributed by atoms with Crippen molar-refractivity contribution in [2.75, 3.05) is 7.05 Å². The zero-order chi connectivity index (χ0) is 24.4. The molecule has 1 fully saturated rings. The number of carbonyl (C=O) groups is 1. The lowest BCUT2D eigenvalue weighted by atomic mass is 9.94. The van der Waals surface area contributed by atoms with E-state index in [1.54, 1.807) is 6.07 Å². The Morgan fingerprint density at radius 1 is 1.06 bits per heavy atom. The molecule has 35 heavy (non-hydrogen) atoms. The average molecular weight is 469 g/mol. The van der Waals surface area contributed by atoms with E-state index < -0.39 is 0 Å². The third-order valence-electron chi connectivity index (χ3n) is 7.20. The van der Waals surface area contributed by atoms with Crippen molar-refractivity contribution >= 4 is 17.6 Å². The van der Waals surface area contributed by atoms with Gasteiger partial charge in [-0.25, -0.2) is 4.99 Å². The van der Waals surface area contributed by atoms with Gasteiger partial charge in [0.1, 0.15) is 5.75 Å². The SMILES string of the molecule is CN(C(=O)c1cccc(CN2Cc3cc(-c4ccccc4O)ccc3N=C2N)c1)C1CCCCC1. The molecule has 1 aliphatic heterocycles. The predicted molar refractivity (Wildman–Crippen MR) is 139 cm³/mol. The Kier molecular flexibility index (Phi) is 6.45. The number of aromatic hydroxyl groups is 1. The lowest BCUT2D eigenvalue weighted by Crippen LogP contribution is -2.39. The van der Waals surface area contributed by atoms with Crippen molar-refractivity contribution in [1.29, 1.82) is 0 Å². The zero-order valence-corrected chi connectivity index (χ0v) is 20.2. The highest BCUT2D eigenvalue weighted by molar-refractivity contribution is 5.94. The molecule has 6 heteroatoms. The second-order valence-corrected chi connectivity index (χ2v) is 9.59. The summed E-state index contributed by atoms with van der Waals surface area (Å²) >= 11 is 0. The molecule has 180 valence electrons. The molecule has 1 heterocycles. The number of hydrogen-bond donors (Lipinski definition) is 2. The summed E-state index contributed by atoms with van der Waals surface area (Å²) in [5.74, 6) is 0.795. The monoisotopic (exact) mass is 468 g/mol. The third-order valence-corrected chi connectivity index (χ3v) is 7.20.